The third-order valence-electron chi connectivity index (χ3n) is 7.34. The SMILES string of the molecule is CCCCCCOc1ccc(C2C(C(=O)OCc3ccccc3)=C(C)Nc3nc(SCc4ccccc4Cl)nn32)cc1OC. The van der Waals surface area contributed by atoms with Crippen LogP contribution in [0.3, 0.4) is 0 Å². The van der Waals surface area contributed by atoms with Crippen molar-refractivity contribution >= 4 is 35.3 Å². The molecule has 0 aliphatic carbocycles. The van der Waals surface area contributed by atoms with Crippen molar-refractivity contribution < 1.29 is 19.0 Å². The van der Waals surface area contributed by atoms with Gasteiger partial charge in [0.05, 0.1) is 19.3 Å². The predicted molar refractivity (Wildman–Crippen MR) is 174 cm³/mol. The van der Waals surface area contributed by atoms with E-state index in [9.17, 15) is 4.79 Å². The summed E-state index contributed by atoms with van der Waals surface area (Å²) < 4.78 is 19.4. The van der Waals surface area contributed by atoms with Crippen LogP contribution in [0.25, 0.3) is 0 Å². The van der Waals surface area contributed by atoms with Crippen LogP contribution in [0.15, 0.2) is 89.2 Å². The molecule has 0 amide bonds. The number of anilines is 1. The maximum atomic E-state index is 13.7. The predicted octanol–water partition coefficient (Wildman–Crippen LogP) is 8.22. The molecule has 1 atom stereocenters. The van der Waals surface area contributed by atoms with E-state index >= 15 is 0 Å². The van der Waals surface area contributed by atoms with Gasteiger partial charge in [0.2, 0.25) is 11.1 Å². The van der Waals surface area contributed by atoms with Crippen molar-refractivity contribution in [3.8, 4) is 11.5 Å². The number of hydrogen-bond donors (Lipinski definition) is 1. The van der Waals surface area contributed by atoms with Gasteiger partial charge < -0.3 is 19.5 Å². The summed E-state index contributed by atoms with van der Waals surface area (Å²) >= 11 is 7.86. The smallest absolute Gasteiger partial charge is 0.338 e. The Labute approximate surface area is 267 Å². The van der Waals surface area contributed by atoms with E-state index in [1.165, 1.54) is 24.6 Å². The van der Waals surface area contributed by atoms with E-state index in [4.69, 9.17) is 35.9 Å². The van der Waals surface area contributed by atoms with Gasteiger partial charge in [0.15, 0.2) is 11.5 Å². The Hall–Kier alpha value is -3.95. The van der Waals surface area contributed by atoms with E-state index in [-0.39, 0.29) is 6.61 Å². The number of benzene rings is 3. The topological polar surface area (TPSA) is 87.5 Å². The second-order valence-electron chi connectivity index (χ2n) is 10.5. The highest BCUT2D eigenvalue weighted by atomic mass is 35.5. The van der Waals surface area contributed by atoms with Crippen molar-refractivity contribution in [3.05, 3.63) is 106 Å². The number of allylic oxidation sites excluding steroid dienone is 1. The molecule has 0 radical (unpaired) electrons. The zero-order valence-electron chi connectivity index (χ0n) is 25.2. The third-order valence-corrected chi connectivity index (χ3v) is 8.59. The Balaban J connectivity index is 1.45. The quantitative estimate of drug-likeness (QED) is 0.0845. The lowest BCUT2D eigenvalue weighted by Crippen LogP contribution is -2.29. The van der Waals surface area contributed by atoms with Crippen molar-refractivity contribution in [1.82, 2.24) is 14.8 Å². The molecule has 5 rings (SSSR count). The molecule has 3 aromatic carbocycles. The van der Waals surface area contributed by atoms with Gasteiger partial charge in [-0.3, -0.25) is 0 Å². The first-order chi connectivity index (χ1) is 21.5. The lowest BCUT2D eigenvalue weighted by Gasteiger charge is -2.28. The number of esters is 1. The number of aromatic nitrogens is 3. The molecule has 4 aromatic rings. The minimum absolute atomic E-state index is 0.153. The Morgan fingerprint density at radius 1 is 1.02 bits per heavy atom. The number of rotatable bonds is 14. The number of methoxy groups -OCH3 is 1. The number of fused-ring (bicyclic) bond motifs is 1. The molecule has 0 bridgehead atoms. The van der Waals surface area contributed by atoms with E-state index in [0.29, 0.717) is 51.3 Å². The molecule has 0 saturated heterocycles. The van der Waals surface area contributed by atoms with Crippen LogP contribution in [0.4, 0.5) is 5.95 Å². The van der Waals surface area contributed by atoms with Gasteiger partial charge in [-0.2, -0.15) is 4.98 Å². The molecule has 1 unspecified atom stereocenters. The van der Waals surface area contributed by atoms with Gasteiger partial charge in [0, 0.05) is 16.5 Å². The molecule has 8 nitrogen and oxygen atoms in total. The number of carbonyl (C=O) groups is 1. The minimum Gasteiger partial charge on any atom is -0.493 e. The number of carbonyl (C=O) groups excluding carboxylic acids is 1. The van der Waals surface area contributed by atoms with Crippen LogP contribution in [-0.2, 0) is 21.9 Å². The zero-order chi connectivity index (χ0) is 30.9. The molecule has 10 heteroatoms. The molecule has 1 aromatic heterocycles. The summed E-state index contributed by atoms with van der Waals surface area (Å²) in [6.07, 6.45) is 4.45. The fraction of sp³-hybridized carbons (Fsp3) is 0.324. The fourth-order valence-corrected chi connectivity index (χ4v) is 6.12. The standard InChI is InChI=1S/C34H37ClN4O4S/c1-4-5-6-12-19-42-28-18-17-25(20-29(28)41-3)31-30(32(40)43-21-24-13-8-7-9-14-24)23(2)36-33-37-34(38-39(31)33)44-22-26-15-10-11-16-27(26)35/h7-11,13-18,20,31H,4-6,12,19,21-22H2,1-3H3,(H,36,37,38). The van der Waals surface area contributed by atoms with Gasteiger partial charge in [-0.05, 0) is 48.2 Å². The first-order valence-electron chi connectivity index (χ1n) is 14.8. The molecular weight excluding hydrogens is 596 g/mol. The molecule has 0 saturated carbocycles. The summed E-state index contributed by atoms with van der Waals surface area (Å²) in [5.74, 6) is 1.94. The van der Waals surface area contributed by atoms with Crippen LogP contribution >= 0.6 is 23.4 Å². The fourth-order valence-electron chi connectivity index (χ4n) is 5.01. The maximum absolute atomic E-state index is 13.7. The summed E-state index contributed by atoms with van der Waals surface area (Å²) in [5, 5.41) is 9.37. The van der Waals surface area contributed by atoms with E-state index in [0.717, 1.165) is 29.5 Å². The van der Waals surface area contributed by atoms with Crippen molar-refractivity contribution in [2.45, 2.75) is 63.1 Å². The first kappa shape index (κ1) is 31.5. The average molecular weight is 633 g/mol. The van der Waals surface area contributed by atoms with Gasteiger partial charge in [-0.1, -0.05) is 104 Å². The van der Waals surface area contributed by atoms with E-state index in [2.05, 4.69) is 12.2 Å². The second kappa shape index (κ2) is 15.2. The molecule has 44 heavy (non-hydrogen) atoms. The highest BCUT2D eigenvalue weighted by molar-refractivity contribution is 7.98. The molecule has 1 N–H and O–H groups in total. The highest BCUT2D eigenvalue weighted by Crippen LogP contribution is 2.40. The maximum Gasteiger partial charge on any atom is 0.338 e. The number of nitrogens with zero attached hydrogens (tertiary/aromatic N) is 3. The number of ether oxygens (including phenoxy) is 3. The van der Waals surface area contributed by atoms with Crippen molar-refractivity contribution in [2.24, 2.45) is 0 Å². The second-order valence-corrected chi connectivity index (χ2v) is 11.8. The number of halogens is 1. The third kappa shape index (κ3) is 7.57. The summed E-state index contributed by atoms with van der Waals surface area (Å²) in [4.78, 5) is 18.5. The molecule has 230 valence electrons. The Morgan fingerprint density at radius 3 is 2.59 bits per heavy atom. The lowest BCUT2D eigenvalue weighted by molar-refractivity contribution is -0.140. The Kier molecular flexibility index (Phi) is 10.9. The Bertz CT molecular complexity index is 1610. The van der Waals surface area contributed by atoms with Crippen molar-refractivity contribution in [2.75, 3.05) is 19.0 Å². The number of nitrogens with one attached hydrogen (secondary N) is 1. The zero-order valence-corrected chi connectivity index (χ0v) is 26.8. The van der Waals surface area contributed by atoms with Crippen LogP contribution in [0.5, 0.6) is 11.5 Å². The van der Waals surface area contributed by atoms with Gasteiger partial charge in [-0.15, -0.1) is 5.10 Å². The largest absolute Gasteiger partial charge is 0.493 e. The average Bonchev–Trinajstić information content (AvgIpc) is 3.45. The van der Waals surface area contributed by atoms with E-state index in [1.807, 2.05) is 79.7 Å². The highest BCUT2D eigenvalue weighted by Gasteiger charge is 2.36. The van der Waals surface area contributed by atoms with Crippen molar-refractivity contribution in [3.63, 3.8) is 0 Å². The van der Waals surface area contributed by atoms with E-state index in [1.54, 1.807) is 11.8 Å². The van der Waals surface area contributed by atoms with Gasteiger partial charge in [0.1, 0.15) is 12.6 Å². The molecule has 0 spiro atoms. The van der Waals surface area contributed by atoms with Crippen LogP contribution in [0, 0.1) is 0 Å². The van der Waals surface area contributed by atoms with Crippen LogP contribution in [0.1, 0.15) is 62.3 Å². The molecular formula is C34H37ClN4O4S. The van der Waals surface area contributed by atoms with E-state index < -0.39 is 12.0 Å². The minimum atomic E-state index is -0.607. The Morgan fingerprint density at radius 2 is 1.82 bits per heavy atom. The number of hydrogen-bond acceptors (Lipinski definition) is 8. The molecule has 0 fully saturated rings. The van der Waals surface area contributed by atoms with Gasteiger partial charge >= 0.3 is 5.97 Å². The van der Waals surface area contributed by atoms with Crippen LogP contribution < -0.4 is 14.8 Å². The van der Waals surface area contributed by atoms with Gasteiger partial charge in [-0.25, -0.2) is 9.48 Å². The normalized spacial score (nSPS) is 14.1. The molecule has 1 aliphatic rings. The first-order valence-corrected chi connectivity index (χ1v) is 16.2. The van der Waals surface area contributed by atoms with Crippen LogP contribution in [-0.4, -0.2) is 34.5 Å². The number of thioether (sulfide) groups is 1. The van der Waals surface area contributed by atoms with Crippen LogP contribution in [0.2, 0.25) is 5.02 Å². The summed E-state index contributed by atoms with van der Waals surface area (Å²) in [7, 11) is 1.62. The summed E-state index contributed by atoms with van der Waals surface area (Å²) in [5.41, 5.74) is 3.77. The monoisotopic (exact) mass is 632 g/mol. The molecule has 2 heterocycles. The lowest BCUT2D eigenvalue weighted by atomic mass is 9.95. The molecule has 1 aliphatic heterocycles. The number of unbranched alkanes of at least 4 members (excludes halogenated alkanes) is 3. The van der Waals surface area contributed by atoms with Crippen molar-refractivity contribution in [1.29, 1.82) is 0 Å². The van der Waals surface area contributed by atoms with Gasteiger partial charge in [0.25, 0.3) is 0 Å². The summed E-state index contributed by atoms with van der Waals surface area (Å²) in [6, 6.07) is 22.5. The summed E-state index contributed by atoms with van der Waals surface area (Å²) in [6.45, 7) is 4.80.